The lowest BCUT2D eigenvalue weighted by Crippen LogP contribution is -2.16. The van der Waals surface area contributed by atoms with E-state index in [0.29, 0.717) is 0 Å². The van der Waals surface area contributed by atoms with Crippen molar-refractivity contribution in [2.75, 3.05) is 6.54 Å². The van der Waals surface area contributed by atoms with Crippen LogP contribution in [-0.4, -0.2) is 11.5 Å². The Balaban J connectivity index is 1.70. The number of nitrogens with zero attached hydrogens (tertiary/aromatic N) is 1. The van der Waals surface area contributed by atoms with Crippen molar-refractivity contribution >= 4 is 11.3 Å². The third-order valence-corrected chi connectivity index (χ3v) is 3.25. The van der Waals surface area contributed by atoms with Crippen molar-refractivity contribution in [3.63, 3.8) is 0 Å². The van der Waals surface area contributed by atoms with Crippen molar-refractivity contribution < 1.29 is 4.42 Å². The van der Waals surface area contributed by atoms with Gasteiger partial charge < -0.3 is 9.73 Å². The van der Waals surface area contributed by atoms with E-state index >= 15 is 0 Å². The summed E-state index contributed by atoms with van der Waals surface area (Å²) in [6.45, 7) is 3.81. The van der Waals surface area contributed by atoms with E-state index in [9.17, 15) is 0 Å². The van der Waals surface area contributed by atoms with Gasteiger partial charge in [0.2, 0.25) is 0 Å². The maximum Gasteiger partial charge on any atom is 0.117 e. The first kappa shape index (κ1) is 10.4. The molecule has 2 aromatic rings. The van der Waals surface area contributed by atoms with Crippen LogP contribution in [0, 0.1) is 6.92 Å². The highest BCUT2D eigenvalue weighted by Crippen LogP contribution is 2.11. The van der Waals surface area contributed by atoms with Crippen LogP contribution in [0.15, 0.2) is 28.3 Å². The Morgan fingerprint density at radius 1 is 1.53 bits per heavy atom. The molecule has 0 aliphatic carbocycles. The van der Waals surface area contributed by atoms with Crippen LogP contribution in [0.3, 0.4) is 0 Å². The van der Waals surface area contributed by atoms with E-state index in [-0.39, 0.29) is 0 Å². The zero-order chi connectivity index (χ0) is 10.5. The summed E-state index contributed by atoms with van der Waals surface area (Å²) in [5.74, 6) is 0.982. The maximum atomic E-state index is 5.22. The average Bonchev–Trinajstić information content (AvgIpc) is 2.85. The molecule has 0 aliphatic rings. The van der Waals surface area contributed by atoms with Crippen molar-refractivity contribution in [3.05, 3.63) is 40.2 Å². The van der Waals surface area contributed by atoms with Crippen LogP contribution in [0.5, 0.6) is 0 Å². The van der Waals surface area contributed by atoms with Gasteiger partial charge in [0, 0.05) is 11.4 Å². The van der Waals surface area contributed by atoms with E-state index in [1.165, 1.54) is 4.88 Å². The molecule has 4 heteroatoms. The van der Waals surface area contributed by atoms with Gasteiger partial charge in [-0.3, -0.25) is 0 Å². The summed E-state index contributed by atoms with van der Waals surface area (Å²) < 4.78 is 5.22. The van der Waals surface area contributed by atoms with Gasteiger partial charge in [-0.05, 0) is 25.5 Å². The molecule has 1 N–H and O–H groups in total. The second-order valence-corrected chi connectivity index (χ2v) is 4.31. The summed E-state index contributed by atoms with van der Waals surface area (Å²) in [5.41, 5.74) is 3.05. The quantitative estimate of drug-likeness (QED) is 0.789. The minimum atomic E-state index is 0.796. The van der Waals surface area contributed by atoms with Crippen LogP contribution >= 0.6 is 11.3 Å². The SMILES string of the molecule is Cc1ncsc1CCNCc1ccco1. The largest absolute Gasteiger partial charge is 0.468 e. The summed E-state index contributed by atoms with van der Waals surface area (Å²) in [6.07, 6.45) is 2.74. The molecule has 0 aliphatic heterocycles. The topological polar surface area (TPSA) is 38.1 Å². The molecule has 0 atom stereocenters. The highest BCUT2D eigenvalue weighted by molar-refractivity contribution is 7.09. The number of furan rings is 1. The minimum Gasteiger partial charge on any atom is -0.468 e. The Morgan fingerprint density at radius 2 is 2.47 bits per heavy atom. The summed E-state index contributed by atoms with van der Waals surface area (Å²) in [7, 11) is 0. The molecule has 2 rings (SSSR count). The predicted molar refractivity (Wildman–Crippen MR) is 61.0 cm³/mol. The van der Waals surface area contributed by atoms with Gasteiger partial charge in [-0.1, -0.05) is 0 Å². The van der Waals surface area contributed by atoms with Crippen LogP contribution < -0.4 is 5.32 Å². The zero-order valence-electron chi connectivity index (χ0n) is 8.69. The van der Waals surface area contributed by atoms with Gasteiger partial charge in [0.05, 0.1) is 24.0 Å². The van der Waals surface area contributed by atoms with Gasteiger partial charge in [0.1, 0.15) is 5.76 Å². The van der Waals surface area contributed by atoms with E-state index < -0.39 is 0 Å². The summed E-state index contributed by atoms with van der Waals surface area (Å²) in [4.78, 5) is 5.58. The van der Waals surface area contributed by atoms with Crippen LogP contribution in [0.1, 0.15) is 16.3 Å². The molecule has 0 saturated heterocycles. The van der Waals surface area contributed by atoms with E-state index in [1.54, 1.807) is 17.6 Å². The van der Waals surface area contributed by atoms with Gasteiger partial charge in [-0.25, -0.2) is 4.98 Å². The molecule has 0 unspecified atom stereocenters. The van der Waals surface area contributed by atoms with Crippen molar-refractivity contribution in [3.8, 4) is 0 Å². The van der Waals surface area contributed by atoms with Crippen LogP contribution in [0.25, 0.3) is 0 Å². The molecule has 0 fully saturated rings. The van der Waals surface area contributed by atoms with Crippen LogP contribution in [0.4, 0.5) is 0 Å². The van der Waals surface area contributed by atoms with E-state index in [1.807, 2.05) is 17.6 Å². The number of hydrogen-bond acceptors (Lipinski definition) is 4. The van der Waals surface area contributed by atoms with E-state index in [2.05, 4.69) is 17.2 Å². The zero-order valence-corrected chi connectivity index (χ0v) is 9.51. The molecular formula is C11H14N2OS. The standard InChI is InChI=1S/C11H14N2OS/c1-9-11(15-8-13-9)4-5-12-7-10-3-2-6-14-10/h2-3,6,8,12H,4-5,7H2,1H3. The van der Waals surface area contributed by atoms with Gasteiger partial charge >= 0.3 is 0 Å². The monoisotopic (exact) mass is 222 g/mol. The first-order chi connectivity index (χ1) is 7.36. The molecule has 2 aromatic heterocycles. The Morgan fingerprint density at radius 3 is 3.13 bits per heavy atom. The molecule has 3 nitrogen and oxygen atoms in total. The van der Waals surface area contributed by atoms with Crippen molar-refractivity contribution in [1.29, 1.82) is 0 Å². The summed E-state index contributed by atoms with van der Waals surface area (Å²) in [5, 5.41) is 3.34. The molecule has 0 saturated carbocycles. The molecule has 80 valence electrons. The first-order valence-electron chi connectivity index (χ1n) is 4.98. The van der Waals surface area contributed by atoms with Crippen LogP contribution in [-0.2, 0) is 13.0 Å². The Bertz CT molecular complexity index is 394. The lowest BCUT2D eigenvalue weighted by molar-refractivity contribution is 0.484. The fourth-order valence-electron chi connectivity index (χ4n) is 1.39. The lowest BCUT2D eigenvalue weighted by atomic mass is 10.3. The fourth-order valence-corrected chi connectivity index (χ4v) is 2.17. The molecule has 0 spiro atoms. The van der Waals surface area contributed by atoms with Gasteiger partial charge in [0.25, 0.3) is 0 Å². The number of rotatable bonds is 5. The fraction of sp³-hybridized carbons (Fsp3) is 0.364. The maximum absolute atomic E-state index is 5.22. The highest BCUT2D eigenvalue weighted by Gasteiger charge is 2.00. The molecule has 0 bridgehead atoms. The van der Waals surface area contributed by atoms with E-state index in [0.717, 1.165) is 31.0 Å². The minimum absolute atomic E-state index is 0.796. The summed E-state index contributed by atoms with van der Waals surface area (Å²) in [6, 6.07) is 3.88. The number of aryl methyl sites for hydroxylation is 1. The van der Waals surface area contributed by atoms with Crippen LogP contribution in [0.2, 0.25) is 0 Å². The van der Waals surface area contributed by atoms with Gasteiger partial charge in [-0.2, -0.15) is 0 Å². The second kappa shape index (κ2) is 5.09. The van der Waals surface area contributed by atoms with E-state index in [4.69, 9.17) is 4.42 Å². The third-order valence-electron chi connectivity index (χ3n) is 2.25. The normalized spacial score (nSPS) is 10.7. The number of hydrogen-bond donors (Lipinski definition) is 1. The smallest absolute Gasteiger partial charge is 0.117 e. The molecule has 0 aromatic carbocycles. The van der Waals surface area contributed by atoms with Crippen molar-refractivity contribution in [2.45, 2.75) is 19.9 Å². The molecule has 15 heavy (non-hydrogen) atoms. The van der Waals surface area contributed by atoms with Gasteiger partial charge in [-0.15, -0.1) is 11.3 Å². The first-order valence-corrected chi connectivity index (χ1v) is 5.86. The summed E-state index contributed by atoms with van der Waals surface area (Å²) >= 11 is 1.72. The highest BCUT2D eigenvalue weighted by atomic mass is 32.1. The Labute approximate surface area is 93.2 Å². The Kier molecular flexibility index (Phi) is 3.53. The number of nitrogens with one attached hydrogen (secondary N) is 1. The van der Waals surface area contributed by atoms with Crippen molar-refractivity contribution in [1.82, 2.24) is 10.3 Å². The van der Waals surface area contributed by atoms with Gasteiger partial charge in [0.15, 0.2) is 0 Å². The third kappa shape index (κ3) is 2.91. The second-order valence-electron chi connectivity index (χ2n) is 3.37. The predicted octanol–water partition coefficient (Wildman–Crippen LogP) is 2.38. The molecule has 2 heterocycles. The average molecular weight is 222 g/mol. The molecular weight excluding hydrogens is 208 g/mol. The number of thiazole rings is 1. The lowest BCUT2D eigenvalue weighted by Gasteiger charge is -2.01. The Hall–Kier alpha value is -1.13. The number of aromatic nitrogens is 1. The molecule has 0 radical (unpaired) electrons. The van der Waals surface area contributed by atoms with Crippen molar-refractivity contribution in [2.24, 2.45) is 0 Å². The molecule has 0 amide bonds.